The van der Waals surface area contributed by atoms with Gasteiger partial charge < -0.3 is 20.7 Å². The molecule has 3 rings (SSSR count). The van der Waals surface area contributed by atoms with Crippen molar-refractivity contribution < 1.29 is 14.3 Å². The van der Waals surface area contributed by atoms with Gasteiger partial charge in [-0.25, -0.2) is 0 Å². The SMILES string of the molecule is CCC(NCc1cccc(C(N)=O)c1)c1ccccc1OCC(=O)N1CCCC1. The summed E-state index contributed by atoms with van der Waals surface area (Å²) in [5.41, 5.74) is 7.88. The van der Waals surface area contributed by atoms with Crippen molar-refractivity contribution in [3.63, 3.8) is 0 Å². The molecule has 0 aliphatic carbocycles. The number of likely N-dealkylation sites (tertiary alicyclic amines) is 1. The molecule has 2 aromatic carbocycles. The lowest BCUT2D eigenvalue weighted by atomic mass is 10.0. The third-order valence-corrected chi connectivity index (χ3v) is 5.28. The minimum atomic E-state index is -0.430. The van der Waals surface area contributed by atoms with Crippen molar-refractivity contribution >= 4 is 11.8 Å². The van der Waals surface area contributed by atoms with Crippen LogP contribution in [0.5, 0.6) is 5.75 Å². The number of benzene rings is 2. The smallest absolute Gasteiger partial charge is 0.260 e. The van der Waals surface area contributed by atoms with Gasteiger partial charge in [-0.2, -0.15) is 0 Å². The normalized spacial score (nSPS) is 14.6. The minimum Gasteiger partial charge on any atom is -0.483 e. The molecular weight excluding hydrogens is 366 g/mol. The topological polar surface area (TPSA) is 84.7 Å². The number of nitrogens with one attached hydrogen (secondary N) is 1. The highest BCUT2D eigenvalue weighted by Crippen LogP contribution is 2.27. The molecule has 0 saturated carbocycles. The molecule has 1 atom stereocenters. The van der Waals surface area contributed by atoms with Gasteiger partial charge in [0.15, 0.2) is 6.61 Å². The van der Waals surface area contributed by atoms with Crippen molar-refractivity contribution in [1.29, 1.82) is 0 Å². The third-order valence-electron chi connectivity index (χ3n) is 5.28. The number of ether oxygens (including phenoxy) is 1. The first-order valence-electron chi connectivity index (χ1n) is 10.2. The molecule has 0 spiro atoms. The van der Waals surface area contributed by atoms with Crippen molar-refractivity contribution in [2.75, 3.05) is 19.7 Å². The molecule has 1 saturated heterocycles. The Morgan fingerprint density at radius 3 is 2.62 bits per heavy atom. The van der Waals surface area contributed by atoms with E-state index in [1.807, 2.05) is 41.3 Å². The van der Waals surface area contributed by atoms with Gasteiger partial charge in [0, 0.05) is 36.8 Å². The molecule has 0 aromatic heterocycles. The zero-order valence-electron chi connectivity index (χ0n) is 16.9. The molecule has 2 amide bonds. The quantitative estimate of drug-likeness (QED) is 0.683. The fraction of sp³-hybridized carbons (Fsp3) is 0.391. The van der Waals surface area contributed by atoms with Gasteiger partial charge in [0.2, 0.25) is 5.91 Å². The highest BCUT2D eigenvalue weighted by molar-refractivity contribution is 5.92. The number of nitrogens with zero attached hydrogens (tertiary/aromatic N) is 1. The molecule has 29 heavy (non-hydrogen) atoms. The molecule has 1 aliphatic rings. The van der Waals surface area contributed by atoms with Crippen LogP contribution in [-0.2, 0) is 11.3 Å². The number of hydrogen-bond donors (Lipinski definition) is 2. The monoisotopic (exact) mass is 395 g/mol. The van der Waals surface area contributed by atoms with Crippen LogP contribution in [0.1, 0.15) is 53.7 Å². The number of hydrogen-bond acceptors (Lipinski definition) is 4. The summed E-state index contributed by atoms with van der Waals surface area (Å²) in [6, 6.07) is 15.2. The maximum atomic E-state index is 12.3. The van der Waals surface area contributed by atoms with Crippen LogP contribution in [0.3, 0.4) is 0 Å². The van der Waals surface area contributed by atoms with E-state index in [1.54, 1.807) is 12.1 Å². The molecule has 1 unspecified atom stereocenters. The van der Waals surface area contributed by atoms with E-state index in [0.29, 0.717) is 12.1 Å². The molecule has 1 heterocycles. The summed E-state index contributed by atoms with van der Waals surface area (Å²) in [4.78, 5) is 25.6. The van der Waals surface area contributed by atoms with E-state index in [0.717, 1.165) is 49.2 Å². The largest absolute Gasteiger partial charge is 0.483 e. The van der Waals surface area contributed by atoms with Gasteiger partial charge in [0.05, 0.1) is 0 Å². The summed E-state index contributed by atoms with van der Waals surface area (Å²) in [6.45, 7) is 4.42. The maximum absolute atomic E-state index is 12.3. The number of primary amides is 1. The fourth-order valence-electron chi connectivity index (χ4n) is 3.65. The van der Waals surface area contributed by atoms with Gasteiger partial charge in [0.25, 0.3) is 5.91 Å². The summed E-state index contributed by atoms with van der Waals surface area (Å²) in [6.07, 6.45) is 3.00. The molecule has 2 aromatic rings. The predicted molar refractivity (Wildman–Crippen MR) is 113 cm³/mol. The molecule has 6 heteroatoms. The van der Waals surface area contributed by atoms with Crippen LogP contribution in [0.4, 0.5) is 0 Å². The van der Waals surface area contributed by atoms with E-state index in [1.165, 1.54) is 0 Å². The molecule has 0 radical (unpaired) electrons. The molecule has 3 N–H and O–H groups in total. The second-order valence-electron chi connectivity index (χ2n) is 7.32. The number of carbonyl (C=O) groups excluding carboxylic acids is 2. The Bertz CT molecular complexity index is 847. The van der Waals surface area contributed by atoms with Crippen molar-refractivity contribution in [2.24, 2.45) is 5.73 Å². The Labute approximate surface area is 172 Å². The predicted octanol–water partition coefficient (Wildman–Crippen LogP) is 3.03. The lowest BCUT2D eigenvalue weighted by Crippen LogP contribution is -2.32. The van der Waals surface area contributed by atoms with E-state index >= 15 is 0 Å². The molecule has 154 valence electrons. The van der Waals surface area contributed by atoms with Gasteiger partial charge in [0.1, 0.15) is 5.75 Å². The molecule has 0 bridgehead atoms. The molecule has 1 aliphatic heterocycles. The van der Waals surface area contributed by atoms with Crippen molar-refractivity contribution in [3.05, 3.63) is 65.2 Å². The van der Waals surface area contributed by atoms with Crippen molar-refractivity contribution in [2.45, 2.75) is 38.8 Å². The van der Waals surface area contributed by atoms with Gasteiger partial charge in [-0.1, -0.05) is 37.3 Å². The Morgan fingerprint density at radius 1 is 1.14 bits per heavy atom. The summed E-state index contributed by atoms with van der Waals surface area (Å²) in [7, 11) is 0. The summed E-state index contributed by atoms with van der Waals surface area (Å²) in [5, 5.41) is 3.52. The Kier molecular flexibility index (Phi) is 7.25. The standard InChI is InChI=1S/C23H29N3O3/c1-2-20(25-15-17-8-7-9-18(14-17)23(24)28)19-10-3-4-11-21(19)29-16-22(27)26-12-5-6-13-26/h3-4,7-11,14,20,25H,2,5-6,12-13,15-16H2,1H3,(H2,24,28). The zero-order valence-corrected chi connectivity index (χ0v) is 16.9. The second-order valence-corrected chi connectivity index (χ2v) is 7.32. The number of para-hydroxylation sites is 1. The molecular formula is C23H29N3O3. The van der Waals surface area contributed by atoms with Gasteiger partial charge >= 0.3 is 0 Å². The highest BCUT2D eigenvalue weighted by atomic mass is 16.5. The van der Waals surface area contributed by atoms with Gasteiger partial charge in [-0.05, 0) is 43.0 Å². The summed E-state index contributed by atoms with van der Waals surface area (Å²) >= 11 is 0. The first kappa shape index (κ1) is 20.9. The maximum Gasteiger partial charge on any atom is 0.260 e. The van der Waals surface area contributed by atoms with Crippen LogP contribution >= 0.6 is 0 Å². The van der Waals surface area contributed by atoms with E-state index in [-0.39, 0.29) is 18.6 Å². The van der Waals surface area contributed by atoms with Crippen LogP contribution in [0, 0.1) is 0 Å². The first-order valence-corrected chi connectivity index (χ1v) is 10.2. The minimum absolute atomic E-state index is 0.0431. The van der Waals surface area contributed by atoms with Gasteiger partial charge in [-0.3, -0.25) is 9.59 Å². The Hall–Kier alpha value is -2.86. The van der Waals surface area contributed by atoms with Crippen LogP contribution in [0.2, 0.25) is 0 Å². The molecule has 1 fully saturated rings. The summed E-state index contributed by atoms with van der Waals surface area (Å²) in [5.74, 6) is 0.340. The van der Waals surface area contributed by atoms with Crippen molar-refractivity contribution in [3.8, 4) is 5.75 Å². The van der Waals surface area contributed by atoms with Crippen LogP contribution < -0.4 is 15.8 Å². The lowest BCUT2D eigenvalue weighted by molar-refractivity contribution is -0.132. The van der Waals surface area contributed by atoms with Crippen LogP contribution in [-0.4, -0.2) is 36.4 Å². The van der Waals surface area contributed by atoms with E-state index in [2.05, 4.69) is 12.2 Å². The third kappa shape index (κ3) is 5.57. The van der Waals surface area contributed by atoms with Crippen LogP contribution in [0.15, 0.2) is 48.5 Å². The molecule has 6 nitrogen and oxygen atoms in total. The zero-order chi connectivity index (χ0) is 20.6. The second kappa shape index (κ2) is 10.1. The number of rotatable bonds is 9. The first-order chi connectivity index (χ1) is 14.1. The van der Waals surface area contributed by atoms with Crippen LogP contribution in [0.25, 0.3) is 0 Å². The fourth-order valence-corrected chi connectivity index (χ4v) is 3.65. The number of nitrogens with two attached hydrogens (primary N) is 1. The lowest BCUT2D eigenvalue weighted by Gasteiger charge is -2.22. The Balaban J connectivity index is 1.65. The average Bonchev–Trinajstić information content (AvgIpc) is 3.28. The average molecular weight is 396 g/mol. The van der Waals surface area contributed by atoms with E-state index in [4.69, 9.17) is 10.5 Å². The Morgan fingerprint density at radius 2 is 1.90 bits per heavy atom. The van der Waals surface area contributed by atoms with E-state index < -0.39 is 5.91 Å². The highest BCUT2D eigenvalue weighted by Gasteiger charge is 2.20. The summed E-state index contributed by atoms with van der Waals surface area (Å²) < 4.78 is 5.90. The number of carbonyl (C=O) groups is 2. The van der Waals surface area contributed by atoms with Gasteiger partial charge in [-0.15, -0.1) is 0 Å². The van der Waals surface area contributed by atoms with E-state index in [9.17, 15) is 9.59 Å². The van der Waals surface area contributed by atoms with Crippen molar-refractivity contribution in [1.82, 2.24) is 10.2 Å². The number of amides is 2.